The highest BCUT2D eigenvalue weighted by atomic mass is 16.7. The van der Waals surface area contributed by atoms with E-state index in [1.165, 1.54) is 14.0 Å². The third kappa shape index (κ3) is 177. The van der Waals surface area contributed by atoms with Crippen LogP contribution in [-0.4, -0.2) is 59.6 Å². The van der Waals surface area contributed by atoms with Crippen molar-refractivity contribution in [2.75, 3.05) is 42.5 Å². The van der Waals surface area contributed by atoms with Crippen molar-refractivity contribution in [3.63, 3.8) is 0 Å². The third-order valence-corrected chi connectivity index (χ3v) is 1.35. The highest BCUT2D eigenvalue weighted by molar-refractivity contribution is 5.65. The van der Waals surface area contributed by atoms with Gasteiger partial charge in [0.25, 0.3) is 0 Å². The summed E-state index contributed by atoms with van der Waals surface area (Å²) in [5, 5.41) is 1.62. The predicted octanol–water partition coefficient (Wildman–Crippen LogP) is 5.18. The zero-order chi connectivity index (χ0) is 17.8. The maximum Gasteiger partial charge on any atom is 0.302 e. The van der Waals surface area contributed by atoms with Crippen LogP contribution in [0.1, 0.15) is 64.8 Å². The van der Waals surface area contributed by atoms with Crippen molar-refractivity contribution in [3.05, 3.63) is 12.3 Å². The van der Waals surface area contributed by atoms with Gasteiger partial charge in [-0.05, 0) is 20.8 Å². The highest BCUT2D eigenvalue weighted by Gasteiger charge is 1.82. The van der Waals surface area contributed by atoms with E-state index in [1.807, 2.05) is 27.9 Å². The predicted molar refractivity (Wildman–Crippen MR) is 119 cm³/mol. The fourth-order valence-electron chi connectivity index (χ4n) is 0.236. The molecule has 0 aromatic carbocycles. The van der Waals surface area contributed by atoms with E-state index >= 15 is 0 Å². The van der Waals surface area contributed by atoms with E-state index in [4.69, 9.17) is 0 Å². The topological polar surface area (TPSA) is 69.3 Å². The molecule has 0 aromatic heterocycles. The molecule has 0 fully saturated rings. The number of hydrogen-bond donors (Lipinski definition) is 1. The van der Waals surface area contributed by atoms with Gasteiger partial charge in [-0.15, -0.1) is 0 Å². The number of allylic oxidation sites excluding steroid dienone is 1. The van der Waals surface area contributed by atoms with Gasteiger partial charge in [-0.1, -0.05) is 43.7 Å². The first-order valence-corrected chi connectivity index (χ1v) is 6.32. The molecular weight excluding hydrogens is 336 g/mol. The Morgan fingerprint density at radius 2 is 1.12 bits per heavy atom. The van der Waals surface area contributed by atoms with Crippen LogP contribution < -0.4 is 5.48 Å². The van der Waals surface area contributed by atoms with Crippen LogP contribution in [0.25, 0.3) is 0 Å². The molecule has 0 heterocycles. The van der Waals surface area contributed by atoms with Gasteiger partial charge in [0.15, 0.2) is 0 Å². The van der Waals surface area contributed by atoms with Gasteiger partial charge in [-0.3, -0.25) is 4.79 Å². The lowest BCUT2D eigenvalue weighted by molar-refractivity contribution is -0.137. The van der Waals surface area contributed by atoms with Crippen LogP contribution >= 0.6 is 0 Å². The first-order valence-electron chi connectivity index (χ1n) is 6.32. The molecule has 0 atom stereocenters. The van der Waals surface area contributed by atoms with Crippen molar-refractivity contribution in [3.8, 4) is 0 Å². The monoisotopic (exact) mass is 390 g/mol. The van der Waals surface area contributed by atoms with Crippen molar-refractivity contribution in [2.24, 2.45) is 0 Å². The molecule has 0 rings (SSSR count). The molecular formula is C19H54N2O5. The summed E-state index contributed by atoms with van der Waals surface area (Å²) in [7, 11) is 9.85. The van der Waals surface area contributed by atoms with Gasteiger partial charge in [0.2, 0.25) is 0 Å². The molecule has 0 amide bonds. The summed E-state index contributed by atoms with van der Waals surface area (Å²) in [5.74, 6) is 0.509. The summed E-state index contributed by atoms with van der Waals surface area (Å²) >= 11 is 0. The van der Waals surface area contributed by atoms with E-state index in [1.54, 1.807) is 33.3 Å². The Balaban J connectivity index is -0.0000000199. The number of ether oxygens (including phenoxy) is 2. The second-order valence-electron chi connectivity index (χ2n) is 4.07. The van der Waals surface area contributed by atoms with Crippen LogP contribution in [0.3, 0.4) is 0 Å². The van der Waals surface area contributed by atoms with E-state index < -0.39 is 0 Å². The standard InChI is InChI=1S/C4H11NO.C4H8O.C3H9NO.C3H6O2.5CH4/c1-4(2)5-6-3;2*1-4(2)5-3;1-3(4)5-2;;;;;/h4-5H,1-3H3;1H2,2-3H3;1-3H3;1-2H3;5*1H4. The summed E-state index contributed by atoms with van der Waals surface area (Å²) in [6.07, 6.45) is 0. The first-order chi connectivity index (χ1) is 9.58. The molecule has 0 aliphatic heterocycles. The van der Waals surface area contributed by atoms with Gasteiger partial charge in [-0.2, -0.15) is 5.06 Å². The Kier molecular flexibility index (Phi) is 107. The highest BCUT2D eigenvalue weighted by Crippen LogP contribution is 1.80. The van der Waals surface area contributed by atoms with Crippen molar-refractivity contribution >= 4 is 5.97 Å². The average molecular weight is 391 g/mol. The largest absolute Gasteiger partial charge is 0.502 e. The van der Waals surface area contributed by atoms with Gasteiger partial charge in [0.05, 0.1) is 34.2 Å². The minimum absolute atomic E-state index is 0. The quantitative estimate of drug-likeness (QED) is 0.403. The lowest BCUT2D eigenvalue weighted by Gasteiger charge is -2.01. The summed E-state index contributed by atoms with van der Waals surface area (Å²) in [6, 6.07) is 0.426. The van der Waals surface area contributed by atoms with Crippen molar-refractivity contribution in [2.45, 2.75) is 70.9 Å². The molecule has 0 bridgehead atoms. The molecule has 0 spiro atoms. The molecule has 170 valence electrons. The van der Waals surface area contributed by atoms with E-state index in [-0.39, 0.29) is 43.1 Å². The zero-order valence-electron chi connectivity index (χ0n) is 15.3. The van der Waals surface area contributed by atoms with E-state index in [2.05, 4.69) is 31.2 Å². The number of carbonyl (C=O) groups excluding carboxylic acids is 1. The van der Waals surface area contributed by atoms with Crippen LogP contribution in [0, 0.1) is 0 Å². The molecule has 7 nitrogen and oxygen atoms in total. The molecule has 1 N–H and O–H groups in total. The Morgan fingerprint density at radius 1 is 0.885 bits per heavy atom. The fourth-order valence-corrected chi connectivity index (χ4v) is 0.236. The summed E-state index contributed by atoms with van der Waals surface area (Å²) in [6.45, 7) is 10.7. The molecule has 0 aromatic rings. The number of methoxy groups -OCH3 is 2. The molecule has 0 saturated carbocycles. The molecule has 0 radical (unpaired) electrons. The van der Waals surface area contributed by atoms with E-state index in [0.717, 1.165) is 5.76 Å². The Bertz CT molecular complexity index is 210. The van der Waals surface area contributed by atoms with Gasteiger partial charge in [-0.25, -0.2) is 5.48 Å². The van der Waals surface area contributed by atoms with Crippen molar-refractivity contribution in [1.82, 2.24) is 10.5 Å². The number of nitrogens with zero attached hydrogens (tertiary/aromatic N) is 1. The smallest absolute Gasteiger partial charge is 0.302 e. The van der Waals surface area contributed by atoms with Crippen LogP contribution in [0.2, 0.25) is 0 Å². The summed E-state index contributed by atoms with van der Waals surface area (Å²) < 4.78 is 8.67. The number of nitrogens with one attached hydrogen (secondary N) is 1. The maximum atomic E-state index is 9.59. The van der Waals surface area contributed by atoms with Gasteiger partial charge in [0.1, 0.15) is 0 Å². The second kappa shape index (κ2) is 49.6. The van der Waals surface area contributed by atoms with Gasteiger partial charge in [0, 0.05) is 27.1 Å². The average Bonchev–Trinajstić information content (AvgIpc) is 2.40. The Labute approximate surface area is 166 Å². The Morgan fingerprint density at radius 3 is 1.12 bits per heavy atom. The van der Waals surface area contributed by atoms with Crippen LogP contribution in [0.15, 0.2) is 12.3 Å². The molecule has 7 heteroatoms. The van der Waals surface area contributed by atoms with Crippen LogP contribution in [0.4, 0.5) is 0 Å². The normalized spacial score (nSPS) is 6.77. The molecule has 0 unspecified atom stereocenters. The molecule has 0 aliphatic carbocycles. The lowest BCUT2D eigenvalue weighted by Crippen LogP contribution is -2.20. The molecule has 0 saturated heterocycles. The summed E-state index contributed by atoms with van der Waals surface area (Å²) in [4.78, 5) is 18.7. The Hall–Kier alpha value is -1.15. The number of esters is 1. The SMILES string of the molecule is C.C.C.C.C.C=C(C)OC.COC(C)=O.CON(C)C.CONC(C)C. The van der Waals surface area contributed by atoms with E-state index in [9.17, 15) is 4.79 Å². The third-order valence-electron chi connectivity index (χ3n) is 1.35. The van der Waals surface area contributed by atoms with Crippen LogP contribution in [-0.2, 0) is 23.9 Å². The number of carbonyl (C=O) groups is 1. The maximum absolute atomic E-state index is 9.59. The fraction of sp³-hybridized carbons (Fsp3) is 0.842. The summed E-state index contributed by atoms with van der Waals surface area (Å²) in [5.41, 5.74) is 2.71. The minimum Gasteiger partial charge on any atom is -0.502 e. The van der Waals surface area contributed by atoms with Crippen molar-refractivity contribution in [1.29, 1.82) is 0 Å². The first kappa shape index (κ1) is 56.3. The van der Waals surface area contributed by atoms with Gasteiger partial charge < -0.3 is 19.1 Å². The lowest BCUT2D eigenvalue weighted by atomic mass is 10.4. The number of rotatable bonds is 4. The number of hydroxylamine groups is 3. The number of hydrogen-bond acceptors (Lipinski definition) is 7. The van der Waals surface area contributed by atoms with Crippen LogP contribution in [0.5, 0.6) is 0 Å². The van der Waals surface area contributed by atoms with E-state index in [0.29, 0.717) is 6.04 Å². The molecule has 0 aliphatic rings. The van der Waals surface area contributed by atoms with Crippen molar-refractivity contribution < 1.29 is 23.9 Å². The zero-order valence-corrected chi connectivity index (χ0v) is 15.3. The second-order valence-corrected chi connectivity index (χ2v) is 4.07. The minimum atomic E-state index is -0.245. The molecule has 26 heavy (non-hydrogen) atoms. The van der Waals surface area contributed by atoms with Gasteiger partial charge >= 0.3 is 5.97 Å².